The Kier molecular flexibility index (Phi) is 7.09. The molecule has 1 N–H and O–H groups in total. The fourth-order valence-electron chi connectivity index (χ4n) is 4.15. The highest BCUT2D eigenvalue weighted by Gasteiger charge is 2.41. The lowest BCUT2D eigenvalue weighted by molar-refractivity contribution is -0.138. The molecule has 0 saturated carbocycles. The summed E-state index contributed by atoms with van der Waals surface area (Å²) in [7, 11) is 1.40. The van der Waals surface area contributed by atoms with Gasteiger partial charge in [0.05, 0.1) is 18.3 Å². The van der Waals surface area contributed by atoms with Crippen molar-refractivity contribution in [3.05, 3.63) is 81.9 Å². The third-order valence-corrected chi connectivity index (χ3v) is 6.10. The van der Waals surface area contributed by atoms with Crippen molar-refractivity contribution >= 4 is 11.8 Å². The van der Waals surface area contributed by atoms with Gasteiger partial charge in [0.25, 0.3) is 0 Å². The first-order valence-corrected chi connectivity index (χ1v) is 11.5. The number of likely N-dealkylation sites (tertiary alicyclic amines) is 1. The first-order chi connectivity index (χ1) is 16.7. The molecule has 1 saturated heterocycles. The predicted octanol–water partition coefficient (Wildman–Crippen LogP) is 2.28. The first-order valence-electron chi connectivity index (χ1n) is 11.5. The van der Waals surface area contributed by atoms with Crippen LogP contribution in [-0.2, 0) is 23.1 Å². The Labute approximate surface area is 202 Å². The Morgan fingerprint density at radius 1 is 1.17 bits per heavy atom. The summed E-state index contributed by atoms with van der Waals surface area (Å²) in [5.74, 6) is -1.49. The number of halogens is 1. The SMILES string of the molecule is CC(C)c1ccc(C(NC(=O)C2CC(F)CN2C(=O)Cc2nn(C)c(=O)o2)c2ccccc2)nc1. The Balaban J connectivity index is 1.55. The minimum absolute atomic E-state index is 0.0828. The van der Waals surface area contributed by atoms with E-state index in [4.69, 9.17) is 4.42 Å². The third kappa shape index (κ3) is 5.47. The average molecular weight is 482 g/mol. The van der Waals surface area contributed by atoms with Gasteiger partial charge in [-0.2, -0.15) is 4.68 Å². The Bertz CT molecular complexity index is 1240. The normalized spacial score (nSPS) is 18.6. The van der Waals surface area contributed by atoms with Gasteiger partial charge in [-0.15, -0.1) is 5.10 Å². The Morgan fingerprint density at radius 2 is 1.91 bits per heavy atom. The zero-order chi connectivity index (χ0) is 25.1. The smallest absolute Gasteiger partial charge is 0.392 e. The summed E-state index contributed by atoms with van der Waals surface area (Å²) in [6.07, 6.45) is -0.0204. The van der Waals surface area contributed by atoms with Gasteiger partial charge in [-0.1, -0.05) is 50.2 Å². The van der Waals surface area contributed by atoms with Crippen molar-refractivity contribution in [3.8, 4) is 0 Å². The van der Waals surface area contributed by atoms with E-state index in [0.717, 1.165) is 15.8 Å². The summed E-state index contributed by atoms with van der Waals surface area (Å²) in [5, 5.41) is 6.81. The van der Waals surface area contributed by atoms with Crippen LogP contribution < -0.4 is 11.1 Å². The van der Waals surface area contributed by atoms with Gasteiger partial charge in [0.15, 0.2) is 0 Å². The van der Waals surface area contributed by atoms with Gasteiger partial charge >= 0.3 is 5.76 Å². The number of carbonyl (C=O) groups is 2. The topological polar surface area (TPSA) is 110 Å². The second-order valence-electron chi connectivity index (χ2n) is 8.98. The Morgan fingerprint density at radius 3 is 2.51 bits per heavy atom. The molecule has 184 valence electrons. The van der Waals surface area contributed by atoms with Gasteiger partial charge in [0.2, 0.25) is 17.7 Å². The highest BCUT2D eigenvalue weighted by atomic mass is 19.1. The molecule has 1 fully saturated rings. The van der Waals surface area contributed by atoms with Crippen molar-refractivity contribution < 1.29 is 18.4 Å². The molecule has 0 bridgehead atoms. The number of aryl methyl sites for hydroxylation is 1. The number of rotatable bonds is 7. The van der Waals surface area contributed by atoms with Crippen molar-refractivity contribution in [3.63, 3.8) is 0 Å². The number of benzene rings is 1. The summed E-state index contributed by atoms with van der Waals surface area (Å²) in [6.45, 7) is 3.93. The molecule has 0 spiro atoms. The van der Waals surface area contributed by atoms with Crippen LogP contribution in [0.25, 0.3) is 0 Å². The highest BCUT2D eigenvalue weighted by Crippen LogP contribution is 2.26. The summed E-state index contributed by atoms with van der Waals surface area (Å²) in [4.78, 5) is 43.5. The fourth-order valence-corrected chi connectivity index (χ4v) is 4.15. The van der Waals surface area contributed by atoms with Crippen LogP contribution in [0.15, 0.2) is 57.9 Å². The van der Waals surface area contributed by atoms with Gasteiger partial charge in [-0.25, -0.2) is 9.18 Å². The van der Waals surface area contributed by atoms with Crippen molar-refractivity contribution in [2.24, 2.45) is 7.05 Å². The van der Waals surface area contributed by atoms with E-state index in [2.05, 4.69) is 29.2 Å². The standard InChI is InChI=1S/C25H28FN5O4/c1-15(2)17-9-10-19(27-13-17)23(16-7-5-4-6-8-16)28-24(33)20-11-18(26)14-31(20)22(32)12-21-29-30(3)25(34)35-21/h4-10,13,15,18,20,23H,11-12,14H2,1-3H3,(H,28,33). The molecule has 1 aliphatic heterocycles. The fraction of sp³-hybridized carbons (Fsp3) is 0.400. The highest BCUT2D eigenvalue weighted by molar-refractivity contribution is 5.89. The lowest BCUT2D eigenvalue weighted by atomic mass is 10.00. The van der Waals surface area contributed by atoms with Crippen molar-refractivity contribution in [2.45, 2.75) is 50.9 Å². The number of amides is 2. The molecular formula is C25H28FN5O4. The van der Waals surface area contributed by atoms with Crippen LogP contribution >= 0.6 is 0 Å². The number of hydrogen-bond acceptors (Lipinski definition) is 6. The van der Waals surface area contributed by atoms with Crippen LogP contribution in [0.3, 0.4) is 0 Å². The van der Waals surface area contributed by atoms with E-state index in [1.54, 1.807) is 6.20 Å². The molecule has 2 aromatic heterocycles. The Hall–Kier alpha value is -3.82. The minimum Gasteiger partial charge on any atom is -0.392 e. The van der Waals surface area contributed by atoms with Crippen LogP contribution in [0.2, 0.25) is 0 Å². The van der Waals surface area contributed by atoms with Crippen LogP contribution in [0.5, 0.6) is 0 Å². The lowest BCUT2D eigenvalue weighted by Crippen LogP contribution is -2.47. The van der Waals surface area contributed by atoms with E-state index < -0.39 is 35.8 Å². The molecular weight excluding hydrogens is 453 g/mol. The first kappa shape index (κ1) is 24.3. The number of alkyl halides is 1. The van der Waals surface area contributed by atoms with Gasteiger partial charge in [-0.3, -0.25) is 14.6 Å². The average Bonchev–Trinajstić information content (AvgIpc) is 3.39. The summed E-state index contributed by atoms with van der Waals surface area (Å²) in [5.41, 5.74) is 2.52. The number of hydrogen-bond donors (Lipinski definition) is 1. The lowest BCUT2D eigenvalue weighted by Gasteiger charge is -2.26. The zero-order valence-corrected chi connectivity index (χ0v) is 19.8. The molecule has 10 heteroatoms. The number of nitrogens with zero attached hydrogens (tertiary/aromatic N) is 4. The van der Waals surface area contributed by atoms with Gasteiger partial charge < -0.3 is 14.6 Å². The molecule has 1 aliphatic rings. The molecule has 0 aliphatic carbocycles. The van der Waals surface area contributed by atoms with Gasteiger partial charge in [0, 0.05) is 19.7 Å². The molecule has 3 heterocycles. The number of carbonyl (C=O) groups excluding carboxylic acids is 2. The van der Waals surface area contributed by atoms with E-state index in [1.807, 2.05) is 42.5 Å². The molecule has 9 nitrogen and oxygen atoms in total. The van der Waals surface area contributed by atoms with E-state index in [9.17, 15) is 18.8 Å². The van der Waals surface area contributed by atoms with E-state index in [-0.39, 0.29) is 25.3 Å². The monoisotopic (exact) mass is 481 g/mol. The quantitative estimate of drug-likeness (QED) is 0.554. The maximum absolute atomic E-state index is 14.4. The van der Waals surface area contributed by atoms with Gasteiger partial charge in [0.1, 0.15) is 18.6 Å². The molecule has 3 aromatic rings. The van der Waals surface area contributed by atoms with Crippen LogP contribution in [-0.4, -0.2) is 50.2 Å². The molecule has 2 amide bonds. The largest absolute Gasteiger partial charge is 0.436 e. The maximum Gasteiger partial charge on any atom is 0.436 e. The molecule has 3 unspecified atom stereocenters. The summed E-state index contributed by atoms with van der Waals surface area (Å²) in [6, 6.07) is 11.6. The number of aromatic nitrogens is 3. The van der Waals surface area contributed by atoms with Crippen molar-refractivity contribution in [1.82, 2.24) is 25.0 Å². The predicted molar refractivity (Wildman–Crippen MR) is 125 cm³/mol. The summed E-state index contributed by atoms with van der Waals surface area (Å²) < 4.78 is 20.3. The second kappa shape index (κ2) is 10.2. The molecule has 35 heavy (non-hydrogen) atoms. The third-order valence-electron chi connectivity index (χ3n) is 6.10. The van der Waals surface area contributed by atoms with Crippen LogP contribution in [0.1, 0.15) is 54.9 Å². The molecule has 1 aromatic carbocycles. The van der Waals surface area contributed by atoms with Crippen LogP contribution in [0.4, 0.5) is 4.39 Å². The van der Waals surface area contributed by atoms with E-state index >= 15 is 0 Å². The van der Waals surface area contributed by atoms with E-state index in [0.29, 0.717) is 11.6 Å². The maximum atomic E-state index is 14.4. The van der Waals surface area contributed by atoms with Crippen LogP contribution in [0, 0.1) is 0 Å². The molecule has 0 radical (unpaired) electrons. The molecule has 3 atom stereocenters. The zero-order valence-electron chi connectivity index (χ0n) is 19.8. The van der Waals surface area contributed by atoms with Gasteiger partial charge in [-0.05, 0) is 23.1 Å². The summed E-state index contributed by atoms with van der Waals surface area (Å²) >= 11 is 0. The van der Waals surface area contributed by atoms with Crippen molar-refractivity contribution in [2.75, 3.05) is 6.54 Å². The van der Waals surface area contributed by atoms with E-state index in [1.165, 1.54) is 11.9 Å². The second-order valence-corrected chi connectivity index (χ2v) is 8.98. The van der Waals surface area contributed by atoms with Crippen molar-refractivity contribution in [1.29, 1.82) is 0 Å². The number of pyridine rings is 1. The number of nitrogens with one attached hydrogen (secondary N) is 1. The minimum atomic E-state index is -1.34. The molecule has 4 rings (SSSR count).